The highest BCUT2D eigenvalue weighted by molar-refractivity contribution is 6.31. The molecule has 0 bridgehead atoms. The van der Waals surface area contributed by atoms with Gasteiger partial charge in [0.2, 0.25) is 0 Å². The summed E-state index contributed by atoms with van der Waals surface area (Å²) < 4.78 is 0. The minimum atomic E-state index is 0.294. The summed E-state index contributed by atoms with van der Waals surface area (Å²) in [5.41, 5.74) is 7.20. The van der Waals surface area contributed by atoms with E-state index >= 15 is 0 Å². The molecule has 1 aliphatic rings. The van der Waals surface area contributed by atoms with Crippen molar-refractivity contribution in [1.82, 2.24) is 15.1 Å². The van der Waals surface area contributed by atoms with Crippen LogP contribution in [0.3, 0.4) is 0 Å². The van der Waals surface area contributed by atoms with Gasteiger partial charge in [-0.3, -0.25) is 0 Å². The predicted octanol–water partition coefficient (Wildman–Crippen LogP) is 1.52. The lowest BCUT2D eigenvalue weighted by molar-refractivity contribution is 0.248. The van der Waals surface area contributed by atoms with E-state index in [-0.39, 0.29) is 0 Å². The smallest absolute Gasteiger partial charge is 0.174 e. The van der Waals surface area contributed by atoms with E-state index in [9.17, 15) is 0 Å². The first-order valence-corrected chi connectivity index (χ1v) is 5.52. The first kappa shape index (κ1) is 10.6. The number of likely N-dealkylation sites (N-methyl/N-ethyl adjacent to an activating group) is 1. The van der Waals surface area contributed by atoms with Crippen LogP contribution < -0.4 is 5.73 Å². The molecule has 2 N–H and O–H groups in total. The van der Waals surface area contributed by atoms with Crippen molar-refractivity contribution < 1.29 is 0 Å². The number of aromatic nitrogens is 2. The fourth-order valence-corrected chi connectivity index (χ4v) is 2.11. The number of likely N-dealkylation sites (tertiary alicyclic amines) is 1. The number of halogens is 1. The van der Waals surface area contributed by atoms with Crippen LogP contribution in [0.5, 0.6) is 0 Å². The minimum absolute atomic E-state index is 0.294. The number of hydrogen-bond acceptors (Lipinski definition) is 4. The van der Waals surface area contributed by atoms with E-state index in [2.05, 4.69) is 22.1 Å². The van der Waals surface area contributed by atoms with Crippen molar-refractivity contribution in [2.75, 3.05) is 25.9 Å². The molecule has 0 saturated carbocycles. The van der Waals surface area contributed by atoms with E-state index in [1.807, 2.05) is 6.07 Å². The molecule has 2 heterocycles. The van der Waals surface area contributed by atoms with Gasteiger partial charge in [-0.2, -0.15) is 5.10 Å². The van der Waals surface area contributed by atoms with Crippen LogP contribution in [0, 0.1) is 0 Å². The Labute approximate surface area is 94.4 Å². The van der Waals surface area contributed by atoms with Crippen molar-refractivity contribution in [1.29, 1.82) is 0 Å². The fraction of sp³-hybridized carbons (Fsp3) is 0.600. The molecule has 0 aliphatic carbocycles. The lowest BCUT2D eigenvalue weighted by Crippen LogP contribution is -2.31. The Kier molecular flexibility index (Phi) is 3.07. The fourth-order valence-electron chi connectivity index (χ4n) is 2.01. The highest BCUT2D eigenvalue weighted by atomic mass is 35.5. The summed E-state index contributed by atoms with van der Waals surface area (Å²) in [4.78, 5) is 2.31. The molecule has 2 rings (SSSR count). The van der Waals surface area contributed by atoms with Crippen LogP contribution >= 0.6 is 11.6 Å². The molecular weight excluding hydrogens is 212 g/mol. The number of nitrogen functional groups attached to an aromatic ring is 1. The van der Waals surface area contributed by atoms with E-state index in [1.165, 1.54) is 6.42 Å². The Hall–Kier alpha value is -0.870. The second-order valence-corrected chi connectivity index (χ2v) is 4.47. The van der Waals surface area contributed by atoms with E-state index < -0.39 is 0 Å². The number of anilines is 1. The molecule has 0 spiro atoms. The Morgan fingerprint density at radius 1 is 1.53 bits per heavy atom. The summed E-state index contributed by atoms with van der Waals surface area (Å²) in [5, 5.41) is 8.25. The van der Waals surface area contributed by atoms with Gasteiger partial charge in [-0.1, -0.05) is 11.6 Å². The van der Waals surface area contributed by atoms with E-state index in [0.29, 0.717) is 16.8 Å². The van der Waals surface area contributed by atoms with Crippen LogP contribution in [-0.2, 0) is 0 Å². The molecular formula is C10H15ClN4. The number of hydrogen-bond donors (Lipinski definition) is 1. The van der Waals surface area contributed by atoms with Crippen LogP contribution in [0.2, 0.25) is 5.15 Å². The maximum atomic E-state index is 5.74. The molecule has 1 atom stereocenters. The minimum Gasteiger partial charge on any atom is -0.396 e. The van der Waals surface area contributed by atoms with Gasteiger partial charge in [0.15, 0.2) is 5.15 Å². The summed E-state index contributed by atoms with van der Waals surface area (Å²) in [5.74, 6) is 0.441. The molecule has 15 heavy (non-hydrogen) atoms. The largest absolute Gasteiger partial charge is 0.396 e. The van der Waals surface area contributed by atoms with Crippen molar-refractivity contribution in [3.8, 4) is 0 Å². The zero-order chi connectivity index (χ0) is 10.8. The Bertz CT molecular complexity index is 355. The first-order valence-electron chi connectivity index (χ1n) is 5.14. The van der Waals surface area contributed by atoms with Crippen LogP contribution in [0.4, 0.5) is 5.69 Å². The third kappa shape index (κ3) is 2.38. The Morgan fingerprint density at radius 3 is 3.00 bits per heavy atom. The summed E-state index contributed by atoms with van der Waals surface area (Å²) in [7, 11) is 2.12. The van der Waals surface area contributed by atoms with Crippen LogP contribution in [-0.4, -0.2) is 35.2 Å². The number of nitrogens with zero attached hydrogens (tertiary/aromatic N) is 3. The number of piperidine rings is 1. The van der Waals surface area contributed by atoms with Crippen LogP contribution in [0.1, 0.15) is 24.5 Å². The number of rotatable bonds is 1. The molecule has 0 radical (unpaired) electrons. The molecule has 0 amide bonds. The third-order valence-electron chi connectivity index (χ3n) is 2.84. The molecule has 82 valence electrons. The second kappa shape index (κ2) is 4.33. The zero-order valence-corrected chi connectivity index (χ0v) is 9.54. The van der Waals surface area contributed by atoms with Gasteiger partial charge in [-0.15, -0.1) is 5.10 Å². The maximum absolute atomic E-state index is 5.74. The summed E-state index contributed by atoms with van der Waals surface area (Å²) in [6.07, 6.45) is 2.35. The van der Waals surface area contributed by atoms with Gasteiger partial charge in [-0.05, 0) is 32.5 Å². The third-order valence-corrected chi connectivity index (χ3v) is 3.13. The first-order chi connectivity index (χ1) is 7.16. The van der Waals surface area contributed by atoms with Crippen LogP contribution in [0.15, 0.2) is 6.07 Å². The molecule has 1 unspecified atom stereocenters. The Balaban J connectivity index is 2.18. The standard InChI is InChI=1S/C10H15ClN4/c1-15-4-2-3-7(6-15)9-5-8(12)10(11)14-13-9/h5,7H,2-4,6H2,1H3,(H2,12,13). The molecule has 1 aromatic rings. The van der Waals surface area contributed by atoms with E-state index in [0.717, 1.165) is 25.2 Å². The molecule has 1 saturated heterocycles. The highest BCUT2D eigenvalue weighted by Gasteiger charge is 2.20. The van der Waals surface area contributed by atoms with Gasteiger partial charge in [0.05, 0.1) is 11.4 Å². The molecule has 1 fully saturated rings. The highest BCUT2D eigenvalue weighted by Crippen LogP contribution is 2.26. The lowest BCUT2D eigenvalue weighted by Gasteiger charge is -2.29. The number of nitrogens with two attached hydrogens (primary N) is 1. The molecule has 1 aromatic heterocycles. The van der Waals surface area contributed by atoms with Crippen molar-refractivity contribution >= 4 is 17.3 Å². The average molecular weight is 227 g/mol. The second-order valence-electron chi connectivity index (χ2n) is 4.12. The molecule has 1 aliphatic heterocycles. The van der Waals surface area contributed by atoms with Gasteiger partial charge in [0.1, 0.15) is 0 Å². The summed E-state index contributed by atoms with van der Waals surface area (Å²) in [6, 6.07) is 1.85. The van der Waals surface area contributed by atoms with E-state index in [1.54, 1.807) is 0 Å². The van der Waals surface area contributed by atoms with Crippen molar-refractivity contribution in [3.05, 3.63) is 16.9 Å². The topological polar surface area (TPSA) is 55.0 Å². The molecule has 4 nitrogen and oxygen atoms in total. The zero-order valence-electron chi connectivity index (χ0n) is 8.78. The van der Waals surface area contributed by atoms with Crippen molar-refractivity contribution in [2.24, 2.45) is 0 Å². The van der Waals surface area contributed by atoms with Crippen molar-refractivity contribution in [2.45, 2.75) is 18.8 Å². The normalized spacial score (nSPS) is 22.9. The van der Waals surface area contributed by atoms with Crippen LogP contribution in [0.25, 0.3) is 0 Å². The van der Waals surface area contributed by atoms with Gasteiger partial charge < -0.3 is 10.6 Å². The monoisotopic (exact) mass is 226 g/mol. The Morgan fingerprint density at radius 2 is 2.33 bits per heavy atom. The average Bonchev–Trinajstić information content (AvgIpc) is 2.22. The van der Waals surface area contributed by atoms with Crippen molar-refractivity contribution in [3.63, 3.8) is 0 Å². The van der Waals surface area contributed by atoms with Gasteiger partial charge in [-0.25, -0.2) is 0 Å². The van der Waals surface area contributed by atoms with E-state index in [4.69, 9.17) is 17.3 Å². The SMILES string of the molecule is CN1CCCC(c2cc(N)c(Cl)nn2)C1. The molecule has 5 heteroatoms. The van der Waals surface area contributed by atoms with Gasteiger partial charge in [0.25, 0.3) is 0 Å². The summed E-state index contributed by atoms with van der Waals surface area (Å²) in [6.45, 7) is 2.18. The van der Waals surface area contributed by atoms with Gasteiger partial charge in [0, 0.05) is 12.5 Å². The summed E-state index contributed by atoms with van der Waals surface area (Å²) >= 11 is 5.74. The van der Waals surface area contributed by atoms with Gasteiger partial charge >= 0.3 is 0 Å². The maximum Gasteiger partial charge on any atom is 0.174 e. The molecule has 0 aromatic carbocycles. The lowest BCUT2D eigenvalue weighted by atomic mass is 9.95. The quantitative estimate of drug-likeness (QED) is 0.789. The predicted molar refractivity (Wildman–Crippen MR) is 60.9 cm³/mol.